The largest absolute Gasteiger partial charge is 0.316 e. The fraction of sp³-hybridized carbons (Fsp3) is 0.227. The molecule has 1 N–H and O–H groups in total. The average molecular weight is 422 g/mol. The molecule has 7 heteroatoms. The maximum atomic E-state index is 6.23. The number of aromatic nitrogens is 4. The third kappa shape index (κ3) is 3.48. The van der Waals surface area contributed by atoms with Crippen LogP contribution in [0.5, 0.6) is 0 Å². The highest BCUT2D eigenvalue weighted by molar-refractivity contribution is 7.20. The molecule has 0 saturated heterocycles. The zero-order chi connectivity index (χ0) is 19.8. The highest BCUT2D eigenvalue weighted by atomic mass is 35.5. The summed E-state index contributed by atoms with van der Waals surface area (Å²) < 4.78 is 3.04. The van der Waals surface area contributed by atoms with E-state index in [1.165, 1.54) is 0 Å². The van der Waals surface area contributed by atoms with E-state index in [9.17, 15) is 0 Å². The quantitative estimate of drug-likeness (QED) is 0.374. The Morgan fingerprint density at radius 1 is 1.03 bits per heavy atom. The molecule has 5 rings (SSSR count). The number of thiazole rings is 1. The van der Waals surface area contributed by atoms with Crippen LogP contribution >= 0.6 is 22.9 Å². The van der Waals surface area contributed by atoms with Gasteiger partial charge in [-0.15, -0.1) is 0 Å². The van der Waals surface area contributed by atoms with E-state index in [-0.39, 0.29) is 0 Å². The molecular formula is C22H20ClN5S. The number of rotatable bonds is 6. The van der Waals surface area contributed by atoms with Crippen LogP contribution in [0.4, 0.5) is 0 Å². The summed E-state index contributed by atoms with van der Waals surface area (Å²) >= 11 is 7.87. The predicted octanol–water partition coefficient (Wildman–Crippen LogP) is 5.38. The van der Waals surface area contributed by atoms with E-state index in [2.05, 4.69) is 24.5 Å². The van der Waals surface area contributed by atoms with Crippen LogP contribution < -0.4 is 5.32 Å². The number of fused-ring (bicyclic) bond motifs is 4. The van der Waals surface area contributed by atoms with Crippen LogP contribution in [0.2, 0.25) is 5.02 Å². The van der Waals surface area contributed by atoms with Crippen LogP contribution in [0.3, 0.4) is 0 Å². The predicted molar refractivity (Wildman–Crippen MR) is 121 cm³/mol. The van der Waals surface area contributed by atoms with Gasteiger partial charge in [-0.3, -0.25) is 4.98 Å². The molecular weight excluding hydrogens is 402 g/mol. The zero-order valence-electron chi connectivity index (χ0n) is 16.0. The average Bonchev–Trinajstić information content (AvgIpc) is 3.35. The summed E-state index contributed by atoms with van der Waals surface area (Å²) in [6.07, 6.45) is 4.01. The van der Waals surface area contributed by atoms with Gasteiger partial charge in [0.25, 0.3) is 0 Å². The van der Waals surface area contributed by atoms with Crippen molar-refractivity contribution in [3.05, 3.63) is 59.4 Å². The van der Waals surface area contributed by atoms with Crippen molar-refractivity contribution >= 4 is 55.0 Å². The maximum Gasteiger partial charge on any atom is 0.211 e. The summed E-state index contributed by atoms with van der Waals surface area (Å²) in [5.41, 5.74) is 3.85. The Morgan fingerprint density at radius 3 is 2.79 bits per heavy atom. The van der Waals surface area contributed by atoms with Gasteiger partial charge in [-0.05, 0) is 43.3 Å². The molecule has 3 aromatic heterocycles. The Kier molecular flexibility index (Phi) is 4.91. The molecule has 0 aliphatic carbocycles. The Morgan fingerprint density at radius 2 is 1.93 bits per heavy atom. The lowest BCUT2D eigenvalue weighted by molar-refractivity contribution is 0.668. The van der Waals surface area contributed by atoms with Crippen molar-refractivity contribution in [1.82, 2.24) is 25.1 Å². The third-order valence-corrected chi connectivity index (χ3v) is 6.20. The van der Waals surface area contributed by atoms with E-state index >= 15 is 0 Å². The summed E-state index contributed by atoms with van der Waals surface area (Å²) in [7, 11) is 0. The molecule has 5 aromatic rings. The van der Waals surface area contributed by atoms with Gasteiger partial charge < -0.3 is 5.32 Å². The topological polar surface area (TPSA) is 55.6 Å². The molecule has 0 fully saturated rings. The van der Waals surface area contributed by atoms with Crippen LogP contribution in [0.1, 0.15) is 19.0 Å². The van der Waals surface area contributed by atoms with Crippen molar-refractivity contribution in [2.24, 2.45) is 0 Å². The van der Waals surface area contributed by atoms with Crippen molar-refractivity contribution in [3.63, 3.8) is 0 Å². The molecule has 0 spiro atoms. The van der Waals surface area contributed by atoms with Crippen LogP contribution in [0.25, 0.3) is 37.2 Å². The lowest BCUT2D eigenvalue weighted by Crippen LogP contribution is -2.18. The molecule has 29 heavy (non-hydrogen) atoms. The number of benzene rings is 2. The van der Waals surface area contributed by atoms with Gasteiger partial charge in [0.15, 0.2) is 0 Å². The minimum absolute atomic E-state index is 0.685. The Labute approximate surface area is 177 Å². The molecule has 2 aromatic carbocycles. The van der Waals surface area contributed by atoms with Gasteiger partial charge in [-0.2, -0.15) is 5.10 Å². The van der Waals surface area contributed by atoms with Crippen molar-refractivity contribution in [2.75, 3.05) is 13.1 Å². The van der Waals surface area contributed by atoms with E-state index in [0.717, 1.165) is 68.8 Å². The number of hydrogen-bond donors (Lipinski definition) is 1. The summed E-state index contributed by atoms with van der Waals surface area (Å²) in [5.74, 6) is 0. The first-order chi connectivity index (χ1) is 14.2. The molecule has 146 valence electrons. The fourth-order valence-corrected chi connectivity index (χ4v) is 4.60. The van der Waals surface area contributed by atoms with Gasteiger partial charge in [0, 0.05) is 35.0 Å². The number of nitrogens with one attached hydrogen (secondary N) is 1. The van der Waals surface area contributed by atoms with Gasteiger partial charge in [-0.25, -0.2) is 9.67 Å². The molecule has 0 saturated carbocycles. The first-order valence-electron chi connectivity index (χ1n) is 9.77. The highest BCUT2D eigenvalue weighted by Crippen LogP contribution is 2.30. The smallest absolute Gasteiger partial charge is 0.211 e. The van der Waals surface area contributed by atoms with Crippen LogP contribution in [-0.4, -0.2) is 32.8 Å². The SMILES string of the molecule is CCCNCCc1nc2cc(Cl)ccc2c2nn(-c3nc4ccccc4s3)cc12. The fourth-order valence-electron chi connectivity index (χ4n) is 3.54. The van der Waals surface area contributed by atoms with Gasteiger partial charge in [0.2, 0.25) is 5.13 Å². The Bertz CT molecular complexity index is 1290. The van der Waals surface area contributed by atoms with E-state index in [1.54, 1.807) is 11.3 Å². The van der Waals surface area contributed by atoms with Gasteiger partial charge in [-0.1, -0.05) is 42.0 Å². The van der Waals surface area contributed by atoms with E-state index in [1.807, 2.05) is 41.1 Å². The second-order valence-corrected chi connectivity index (χ2v) is 8.47. The van der Waals surface area contributed by atoms with Crippen molar-refractivity contribution in [2.45, 2.75) is 19.8 Å². The zero-order valence-corrected chi connectivity index (χ0v) is 17.6. The first-order valence-corrected chi connectivity index (χ1v) is 11.0. The number of nitrogens with zero attached hydrogens (tertiary/aromatic N) is 4. The van der Waals surface area contributed by atoms with Crippen LogP contribution in [0, 0.1) is 0 Å². The highest BCUT2D eigenvalue weighted by Gasteiger charge is 2.15. The summed E-state index contributed by atoms with van der Waals surface area (Å²) in [6, 6.07) is 14.0. The Hall–Kier alpha value is -2.54. The lowest BCUT2D eigenvalue weighted by atomic mass is 10.1. The second-order valence-electron chi connectivity index (χ2n) is 7.02. The minimum Gasteiger partial charge on any atom is -0.316 e. The standard InChI is InChI=1S/C22H20ClN5S/c1-2-10-24-11-9-17-16-13-28(22-26-18-5-3-4-6-20(18)29-22)27-21(16)15-8-7-14(23)12-19(15)25-17/h3-8,12-13,24H,2,9-11H2,1H3. The van der Waals surface area contributed by atoms with Gasteiger partial charge in [0.1, 0.15) is 5.52 Å². The van der Waals surface area contributed by atoms with E-state index in [4.69, 9.17) is 26.7 Å². The van der Waals surface area contributed by atoms with Crippen molar-refractivity contribution in [1.29, 1.82) is 0 Å². The minimum atomic E-state index is 0.685. The molecule has 3 heterocycles. The lowest BCUT2D eigenvalue weighted by Gasteiger charge is -2.06. The number of hydrogen-bond acceptors (Lipinski definition) is 5. The molecule has 0 bridgehead atoms. The molecule has 0 unspecified atom stereocenters. The molecule has 0 atom stereocenters. The first kappa shape index (κ1) is 18.5. The summed E-state index contributed by atoms with van der Waals surface area (Å²) in [5, 5.41) is 12.0. The molecule has 0 radical (unpaired) electrons. The monoisotopic (exact) mass is 421 g/mol. The summed E-state index contributed by atoms with van der Waals surface area (Å²) in [4.78, 5) is 9.67. The number of halogens is 1. The molecule has 5 nitrogen and oxygen atoms in total. The van der Waals surface area contributed by atoms with E-state index in [0.29, 0.717) is 5.02 Å². The second kappa shape index (κ2) is 7.71. The van der Waals surface area contributed by atoms with Crippen LogP contribution in [-0.2, 0) is 6.42 Å². The van der Waals surface area contributed by atoms with Crippen molar-refractivity contribution in [3.8, 4) is 5.13 Å². The number of pyridine rings is 1. The maximum absolute atomic E-state index is 6.23. The molecule has 0 aliphatic heterocycles. The van der Waals surface area contributed by atoms with E-state index < -0.39 is 0 Å². The molecule has 0 amide bonds. The van der Waals surface area contributed by atoms with Gasteiger partial charge in [0.05, 0.1) is 21.4 Å². The third-order valence-electron chi connectivity index (χ3n) is 4.94. The Balaban J connectivity index is 1.66. The molecule has 0 aliphatic rings. The van der Waals surface area contributed by atoms with Crippen LogP contribution in [0.15, 0.2) is 48.7 Å². The summed E-state index contributed by atoms with van der Waals surface area (Å²) in [6.45, 7) is 4.06. The number of para-hydroxylation sites is 1. The normalized spacial score (nSPS) is 11.8. The van der Waals surface area contributed by atoms with Crippen molar-refractivity contribution < 1.29 is 0 Å². The van der Waals surface area contributed by atoms with Gasteiger partial charge >= 0.3 is 0 Å².